The molecule has 0 spiro atoms. The maximum absolute atomic E-state index is 12.6. The SMILES string of the molecule is NCCN(O)C(=O)N[C@@H]1C[C@H](N)C(O[C@H]2O[C@H](CNCC(O)CO)[C@@H](O)[C@H](O)[C@H]2N)[C@H](O)[C@H]1O[C@H]1O[C@H](CO)[C@@H](O)[C@H](N)[C@H]1O. The molecule has 1 saturated carbocycles. The second-order valence-electron chi connectivity index (χ2n) is 11.4. The number of hydroxylamine groups is 2. The number of nitrogens with one attached hydrogen (secondary N) is 2. The van der Waals surface area contributed by atoms with Gasteiger partial charge in [-0.1, -0.05) is 0 Å². The average molecular weight is 660 g/mol. The van der Waals surface area contributed by atoms with Crippen molar-refractivity contribution in [1.29, 1.82) is 0 Å². The van der Waals surface area contributed by atoms with Crippen LogP contribution in [0.25, 0.3) is 0 Å². The van der Waals surface area contributed by atoms with Gasteiger partial charge in [0.25, 0.3) is 0 Å². The molecule has 2 amide bonds. The second-order valence-corrected chi connectivity index (χ2v) is 11.4. The first-order chi connectivity index (χ1) is 21.2. The number of rotatable bonds is 13. The van der Waals surface area contributed by atoms with E-state index in [2.05, 4.69) is 10.6 Å². The summed E-state index contributed by atoms with van der Waals surface area (Å²) in [5.41, 5.74) is 23.7. The normalized spacial score (nSPS) is 43.1. The Morgan fingerprint density at radius 3 is 2.16 bits per heavy atom. The Morgan fingerprint density at radius 2 is 1.53 bits per heavy atom. The Balaban J connectivity index is 1.82. The molecule has 19 N–H and O–H groups in total. The molecule has 2 unspecified atom stereocenters. The third-order valence-electron chi connectivity index (χ3n) is 8.11. The first-order valence-electron chi connectivity index (χ1n) is 14.6. The zero-order valence-corrected chi connectivity index (χ0v) is 24.5. The number of ether oxygens (including phenoxy) is 4. The molecule has 2 saturated heterocycles. The Morgan fingerprint density at radius 1 is 0.889 bits per heavy atom. The fraction of sp³-hybridized carbons (Fsp3) is 0.958. The van der Waals surface area contributed by atoms with E-state index in [1.54, 1.807) is 0 Å². The van der Waals surface area contributed by atoms with Crippen molar-refractivity contribution in [3.63, 3.8) is 0 Å². The largest absolute Gasteiger partial charge is 0.394 e. The topological polar surface area (TPSA) is 367 Å². The predicted octanol–water partition coefficient (Wildman–Crippen LogP) is -8.94. The Bertz CT molecular complexity index is 916. The summed E-state index contributed by atoms with van der Waals surface area (Å²) in [4.78, 5) is 12.6. The summed E-state index contributed by atoms with van der Waals surface area (Å²) >= 11 is 0. The van der Waals surface area contributed by atoms with Gasteiger partial charge in [-0.15, -0.1) is 0 Å². The van der Waals surface area contributed by atoms with Crippen molar-refractivity contribution >= 4 is 6.03 Å². The number of carbonyl (C=O) groups is 1. The predicted molar refractivity (Wildman–Crippen MR) is 149 cm³/mol. The van der Waals surface area contributed by atoms with Crippen molar-refractivity contribution in [3.8, 4) is 0 Å². The number of aliphatic hydroxyl groups is 8. The lowest BCUT2D eigenvalue weighted by atomic mass is 9.83. The van der Waals surface area contributed by atoms with Crippen LogP contribution in [0.4, 0.5) is 4.79 Å². The van der Waals surface area contributed by atoms with Crippen molar-refractivity contribution in [2.24, 2.45) is 22.9 Å². The van der Waals surface area contributed by atoms with Gasteiger partial charge in [0.15, 0.2) is 12.6 Å². The lowest BCUT2D eigenvalue weighted by Gasteiger charge is -2.49. The maximum Gasteiger partial charge on any atom is 0.341 e. The molecule has 2 aliphatic heterocycles. The summed E-state index contributed by atoms with van der Waals surface area (Å²) < 4.78 is 23.1. The fourth-order valence-corrected chi connectivity index (χ4v) is 5.43. The minimum absolute atomic E-state index is 0.0570. The van der Waals surface area contributed by atoms with Crippen molar-refractivity contribution in [2.45, 2.75) is 104 Å². The summed E-state index contributed by atoms with van der Waals surface area (Å²) in [7, 11) is 0. The number of nitrogens with zero attached hydrogens (tertiary/aromatic N) is 1. The number of aliphatic hydroxyl groups excluding tert-OH is 8. The van der Waals surface area contributed by atoms with Crippen LogP contribution in [-0.4, -0.2) is 194 Å². The number of hydrogen-bond acceptors (Lipinski definition) is 19. The van der Waals surface area contributed by atoms with E-state index in [0.717, 1.165) is 0 Å². The van der Waals surface area contributed by atoms with Gasteiger partial charge in [0.1, 0.15) is 54.9 Å². The molecule has 2 heterocycles. The zero-order chi connectivity index (χ0) is 33.6. The molecule has 45 heavy (non-hydrogen) atoms. The van der Waals surface area contributed by atoms with Crippen molar-refractivity contribution in [3.05, 3.63) is 0 Å². The second kappa shape index (κ2) is 17.1. The molecule has 21 nitrogen and oxygen atoms in total. The molecule has 0 aromatic rings. The molecule has 0 bridgehead atoms. The van der Waals surface area contributed by atoms with E-state index >= 15 is 0 Å². The number of carbonyl (C=O) groups excluding carboxylic acids is 1. The molecule has 264 valence electrons. The van der Waals surface area contributed by atoms with Crippen LogP contribution in [0.1, 0.15) is 6.42 Å². The van der Waals surface area contributed by atoms with Crippen LogP contribution < -0.4 is 33.6 Å². The lowest BCUT2D eigenvalue weighted by Crippen LogP contribution is -2.70. The number of nitrogens with two attached hydrogens (primary N) is 4. The third kappa shape index (κ3) is 9.13. The standard InChI is InChI=1S/C24H49N7O14/c25-1-2-31(41)24(40)30-10-3-9(26)20(19(39)21(10)45-23-18(38)13(27)15(35)12(7-33)43-23)44-22-14(28)17(37)16(36)11(42-22)5-29-4-8(34)6-32/h8-23,29,32-39,41H,1-7,25-28H2,(H,30,40)/t8?,9-,10+,11+,12+,13-,14+,15+,16+,17+,18+,19-,20?,21-,22+,23+/m0/s1. The number of urea groups is 1. The van der Waals surface area contributed by atoms with Gasteiger partial charge in [0.2, 0.25) is 0 Å². The van der Waals surface area contributed by atoms with Gasteiger partial charge >= 0.3 is 6.03 Å². The highest BCUT2D eigenvalue weighted by Gasteiger charge is 2.52. The average Bonchev–Trinajstić information content (AvgIpc) is 3.01. The molecule has 0 radical (unpaired) electrons. The molecule has 16 atom stereocenters. The highest BCUT2D eigenvalue weighted by Crippen LogP contribution is 2.31. The van der Waals surface area contributed by atoms with Crippen molar-refractivity contribution < 1.29 is 69.8 Å². The highest BCUT2D eigenvalue weighted by atomic mass is 16.7. The van der Waals surface area contributed by atoms with E-state index in [9.17, 15) is 45.7 Å². The minimum atomic E-state index is -1.73. The molecule has 3 rings (SSSR count). The van der Waals surface area contributed by atoms with E-state index in [0.29, 0.717) is 5.06 Å². The molecule has 21 heteroatoms. The number of hydrogen-bond donors (Lipinski definition) is 15. The summed E-state index contributed by atoms with van der Waals surface area (Å²) in [5.74, 6) is 0. The van der Waals surface area contributed by atoms with Crippen molar-refractivity contribution in [2.75, 3.05) is 39.4 Å². The van der Waals surface area contributed by atoms with Crippen molar-refractivity contribution in [1.82, 2.24) is 15.7 Å². The smallest absolute Gasteiger partial charge is 0.341 e. The highest BCUT2D eigenvalue weighted by molar-refractivity contribution is 5.73. The summed E-state index contributed by atoms with van der Waals surface area (Å²) in [6, 6.07) is -5.88. The van der Waals surface area contributed by atoms with Gasteiger partial charge in [-0.25, -0.2) is 9.86 Å². The van der Waals surface area contributed by atoms with E-state index in [1.807, 2.05) is 0 Å². The van der Waals surface area contributed by atoms with E-state index in [-0.39, 0.29) is 32.6 Å². The molecule has 0 aromatic carbocycles. The minimum Gasteiger partial charge on any atom is -0.394 e. The third-order valence-corrected chi connectivity index (χ3v) is 8.11. The van der Waals surface area contributed by atoms with Crippen LogP contribution in [0.3, 0.4) is 0 Å². The van der Waals surface area contributed by atoms with Crippen LogP contribution in [0.15, 0.2) is 0 Å². The summed E-state index contributed by atoms with van der Waals surface area (Å²) in [6.45, 7) is -1.67. The van der Waals surface area contributed by atoms with Gasteiger partial charge in [0.05, 0.1) is 44.0 Å². The van der Waals surface area contributed by atoms with E-state index < -0.39 is 117 Å². The first-order valence-corrected chi connectivity index (χ1v) is 14.6. The first kappa shape index (κ1) is 38.0. The molecule has 0 aromatic heterocycles. The Labute approximate surface area is 258 Å². The maximum atomic E-state index is 12.6. The molecule has 3 fully saturated rings. The van der Waals surface area contributed by atoms with Crippen LogP contribution in [0, 0.1) is 0 Å². The quantitative estimate of drug-likeness (QED) is 0.0644. The molecule has 1 aliphatic carbocycles. The van der Waals surface area contributed by atoms with Crippen LogP contribution in [0.2, 0.25) is 0 Å². The van der Waals surface area contributed by atoms with Gasteiger partial charge in [0, 0.05) is 25.7 Å². The van der Waals surface area contributed by atoms with Gasteiger partial charge < -0.3 is 93.4 Å². The Hall–Kier alpha value is -1.45. The van der Waals surface area contributed by atoms with Crippen LogP contribution in [0.5, 0.6) is 0 Å². The molecular formula is C24H49N7O14. The van der Waals surface area contributed by atoms with Gasteiger partial charge in [-0.3, -0.25) is 5.21 Å². The number of amides is 2. The molecular weight excluding hydrogens is 610 g/mol. The zero-order valence-electron chi connectivity index (χ0n) is 24.5. The summed E-state index contributed by atoms with van der Waals surface area (Å²) in [6.07, 6.45) is -17.4. The van der Waals surface area contributed by atoms with Gasteiger partial charge in [-0.05, 0) is 6.42 Å². The fourth-order valence-electron chi connectivity index (χ4n) is 5.43. The molecule has 3 aliphatic rings. The van der Waals surface area contributed by atoms with Crippen LogP contribution in [-0.2, 0) is 18.9 Å². The monoisotopic (exact) mass is 659 g/mol. The van der Waals surface area contributed by atoms with E-state index in [1.165, 1.54) is 0 Å². The van der Waals surface area contributed by atoms with Crippen LogP contribution >= 0.6 is 0 Å². The van der Waals surface area contributed by atoms with Gasteiger partial charge in [-0.2, -0.15) is 0 Å². The lowest BCUT2D eigenvalue weighted by molar-refractivity contribution is -0.319. The van der Waals surface area contributed by atoms with E-state index in [4.69, 9.17) is 47.0 Å². The Kier molecular flexibility index (Phi) is 14.4. The summed E-state index contributed by atoms with van der Waals surface area (Å²) in [5, 5.41) is 97.1.